The minimum Gasteiger partial charge on any atom is -0.326 e. The molecular weight excluding hydrogens is 211 g/mol. The van der Waals surface area contributed by atoms with Crippen LogP contribution in [0.3, 0.4) is 0 Å². The average molecular weight is 220 g/mol. The van der Waals surface area contributed by atoms with Gasteiger partial charge in [-0.05, 0) is 19.1 Å². The van der Waals surface area contributed by atoms with Crippen molar-refractivity contribution >= 4 is 12.1 Å². The molecule has 0 unspecified atom stereocenters. The number of anilines is 1. The molecule has 0 atom stereocenters. The van der Waals surface area contributed by atoms with Gasteiger partial charge in [0.1, 0.15) is 5.82 Å². The zero-order chi connectivity index (χ0) is 11.5. The van der Waals surface area contributed by atoms with E-state index in [9.17, 15) is 9.18 Å². The number of amides is 1. The van der Waals surface area contributed by atoms with Crippen LogP contribution in [-0.2, 0) is 4.79 Å². The van der Waals surface area contributed by atoms with Crippen molar-refractivity contribution in [3.63, 3.8) is 0 Å². The zero-order valence-electron chi connectivity index (χ0n) is 8.51. The lowest BCUT2D eigenvalue weighted by Crippen LogP contribution is -2.00. The first-order valence-electron chi connectivity index (χ1n) is 4.60. The molecule has 0 bridgehead atoms. The van der Waals surface area contributed by atoms with E-state index < -0.39 is 5.82 Å². The van der Waals surface area contributed by atoms with Gasteiger partial charge in [0.15, 0.2) is 0 Å². The lowest BCUT2D eigenvalue weighted by molar-refractivity contribution is -0.105. The smallest absolute Gasteiger partial charge is 0.211 e. The monoisotopic (exact) mass is 220 g/mol. The number of hydrogen-bond acceptors (Lipinski definition) is 3. The summed E-state index contributed by atoms with van der Waals surface area (Å²) < 4.78 is 14.9. The Morgan fingerprint density at radius 3 is 2.88 bits per heavy atom. The molecule has 82 valence electrons. The van der Waals surface area contributed by atoms with Crippen LogP contribution in [0, 0.1) is 12.7 Å². The van der Waals surface area contributed by atoms with E-state index >= 15 is 0 Å². The summed E-state index contributed by atoms with van der Waals surface area (Å²) in [6, 6.07) is 4.39. The van der Waals surface area contributed by atoms with Crippen molar-refractivity contribution in [2.75, 3.05) is 5.32 Å². The third-order valence-corrected chi connectivity index (χ3v) is 2.04. The van der Waals surface area contributed by atoms with Gasteiger partial charge in [-0.15, -0.1) is 5.10 Å². The highest BCUT2D eigenvalue weighted by atomic mass is 19.1. The number of rotatable bonds is 3. The van der Waals surface area contributed by atoms with E-state index in [1.165, 1.54) is 16.8 Å². The predicted molar refractivity (Wildman–Crippen MR) is 55.7 cm³/mol. The number of benzene rings is 1. The second-order valence-corrected chi connectivity index (χ2v) is 3.23. The van der Waals surface area contributed by atoms with Gasteiger partial charge in [0.25, 0.3) is 0 Å². The van der Waals surface area contributed by atoms with E-state index in [1.54, 1.807) is 19.2 Å². The third kappa shape index (κ3) is 1.90. The van der Waals surface area contributed by atoms with Crippen LogP contribution in [0.25, 0.3) is 5.69 Å². The molecule has 6 heteroatoms. The lowest BCUT2D eigenvalue weighted by Gasteiger charge is -2.04. The number of aryl methyl sites for hydroxylation is 1. The molecule has 0 saturated heterocycles. The Hall–Kier alpha value is -2.24. The van der Waals surface area contributed by atoms with E-state index in [0.29, 0.717) is 12.1 Å². The molecule has 0 aliphatic carbocycles. The molecule has 0 fully saturated rings. The number of aromatic nitrogens is 3. The highest BCUT2D eigenvalue weighted by Gasteiger charge is 2.05. The Morgan fingerprint density at radius 1 is 1.50 bits per heavy atom. The number of nitrogens with one attached hydrogen (secondary N) is 1. The first-order valence-corrected chi connectivity index (χ1v) is 4.60. The fourth-order valence-electron chi connectivity index (χ4n) is 1.30. The standard InChI is InChI=1S/C10H9FN4O/c1-7-5-15(14-13-7)8-2-3-10(12-6-16)9(11)4-8/h2-6H,1H3,(H,12,16). The molecule has 0 radical (unpaired) electrons. The van der Waals surface area contributed by atoms with Crippen LogP contribution in [-0.4, -0.2) is 21.4 Å². The highest BCUT2D eigenvalue weighted by molar-refractivity contribution is 5.71. The summed E-state index contributed by atoms with van der Waals surface area (Å²) in [6.45, 7) is 1.79. The second kappa shape index (κ2) is 4.09. The maximum atomic E-state index is 13.4. The largest absolute Gasteiger partial charge is 0.326 e. The van der Waals surface area contributed by atoms with E-state index in [4.69, 9.17) is 0 Å². The van der Waals surface area contributed by atoms with Gasteiger partial charge in [-0.2, -0.15) is 0 Å². The summed E-state index contributed by atoms with van der Waals surface area (Å²) in [5, 5.41) is 9.87. The fourth-order valence-corrected chi connectivity index (χ4v) is 1.30. The van der Waals surface area contributed by atoms with E-state index in [0.717, 1.165) is 5.69 Å². The first-order chi connectivity index (χ1) is 7.70. The Labute approximate surface area is 90.9 Å². The molecule has 1 aromatic carbocycles. The normalized spacial score (nSPS) is 10.1. The minimum atomic E-state index is -0.516. The molecular formula is C10H9FN4O. The van der Waals surface area contributed by atoms with E-state index in [1.807, 2.05) is 0 Å². The van der Waals surface area contributed by atoms with Crippen LogP contribution >= 0.6 is 0 Å². The Bertz CT molecular complexity index is 523. The van der Waals surface area contributed by atoms with Crippen molar-refractivity contribution < 1.29 is 9.18 Å². The molecule has 1 heterocycles. The van der Waals surface area contributed by atoms with Gasteiger partial charge < -0.3 is 5.32 Å². The summed E-state index contributed by atoms with van der Waals surface area (Å²) in [7, 11) is 0. The lowest BCUT2D eigenvalue weighted by atomic mass is 10.2. The van der Waals surface area contributed by atoms with Crippen LogP contribution in [0.4, 0.5) is 10.1 Å². The van der Waals surface area contributed by atoms with Crippen LogP contribution in [0.5, 0.6) is 0 Å². The molecule has 1 N–H and O–H groups in total. The van der Waals surface area contributed by atoms with Crippen molar-refractivity contribution in [2.45, 2.75) is 6.92 Å². The Balaban J connectivity index is 2.37. The van der Waals surface area contributed by atoms with Crippen molar-refractivity contribution in [3.05, 3.63) is 35.9 Å². The Morgan fingerprint density at radius 2 is 2.31 bits per heavy atom. The van der Waals surface area contributed by atoms with Crippen molar-refractivity contribution in [2.24, 2.45) is 0 Å². The molecule has 5 nitrogen and oxygen atoms in total. The average Bonchev–Trinajstić information content (AvgIpc) is 2.68. The molecule has 16 heavy (non-hydrogen) atoms. The van der Waals surface area contributed by atoms with E-state index in [-0.39, 0.29) is 5.69 Å². The van der Waals surface area contributed by atoms with Gasteiger partial charge in [0.05, 0.1) is 23.3 Å². The molecule has 0 aliphatic heterocycles. The fraction of sp³-hybridized carbons (Fsp3) is 0.100. The third-order valence-electron chi connectivity index (χ3n) is 2.04. The van der Waals surface area contributed by atoms with Gasteiger partial charge in [-0.1, -0.05) is 5.21 Å². The zero-order valence-corrected chi connectivity index (χ0v) is 8.51. The molecule has 1 amide bonds. The minimum absolute atomic E-state index is 0.135. The first kappa shape index (κ1) is 10.3. The van der Waals surface area contributed by atoms with Gasteiger partial charge in [0, 0.05) is 6.07 Å². The molecule has 0 aliphatic rings. The summed E-state index contributed by atoms with van der Waals surface area (Å²) in [4.78, 5) is 10.2. The number of nitrogens with zero attached hydrogens (tertiary/aromatic N) is 3. The topological polar surface area (TPSA) is 59.8 Å². The number of carbonyl (C=O) groups excluding carboxylic acids is 1. The number of carbonyl (C=O) groups is 1. The summed E-state index contributed by atoms with van der Waals surface area (Å²) in [5.74, 6) is -0.516. The number of hydrogen-bond donors (Lipinski definition) is 1. The summed E-state index contributed by atoms with van der Waals surface area (Å²) in [6.07, 6.45) is 2.11. The van der Waals surface area contributed by atoms with Crippen LogP contribution in [0.2, 0.25) is 0 Å². The molecule has 0 saturated carbocycles. The number of halogens is 1. The SMILES string of the molecule is Cc1cn(-c2ccc(NC=O)c(F)c2)nn1. The molecule has 2 rings (SSSR count). The molecule has 0 spiro atoms. The molecule has 1 aromatic heterocycles. The highest BCUT2D eigenvalue weighted by Crippen LogP contribution is 2.17. The Kier molecular flexibility index (Phi) is 2.63. The van der Waals surface area contributed by atoms with E-state index in [2.05, 4.69) is 15.6 Å². The molecule has 2 aromatic rings. The second-order valence-electron chi connectivity index (χ2n) is 3.23. The van der Waals surface area contributed by atoms with Crippen LogP contribution in [0.15, 0.2) is 24.4 Å². The van der Waals surface area contributed by atoms with Crippen molar-refractivity contribution in [1.29, 1.82) is 0 Å². The van der Waals surface area contributed by atoms with Crippen molar-refractivity contribution in [1.82, 2.24) is 15.0 Å². The van der Waals surface area contributed by atoms with Gasteiger partial charge in [-0.25, -0.2) is 9.07 Å². The quantitative estimate of drug-likeness (QED) is 0.793. The van der Waals surface area contributed by atoms with Crippen molar-refractivity contribution in [3.8, 4) is 5.69 Å². The predicted octanol–water partition coefficient (Wildman–Crippen LogP) is 1.28. The van der Waals surface area contributed by atoms with Crippen LogP contribution < -0.4 is 5.32 Å². The summed E-state index contributed by atoms with van der Waals surface area (Å²) in [5.41, 5.74) is 1.43. The maximum Gasteiger partial charge on any atom is 0.211 e. The van der Waals surface area contributed by atoms with Crippen LogP contribution in [0.1, 0.15) is 5.69 Å². The van der Waals surface area contributed by atoms with Gasteiger partial charge in [-0.3, -0.25) is 4.79 Å². The van der Waals surface area contributed by atoms with Gasteiger partial charge in [0.2, 0.25) is 6.41 Å². The maximum absolute atomic E-state index is 13.4. The summed E-state index contributed by atoms with van der Waals surface area (Å²) >= 11 is 0. The van der Waals surface area contributed by atoms with Gasteiger partial charge >= 0.3 is 0 Å².